The maximum atomic E-state index is 13.9. The van der Waals surface area contributed by atoms with Crippen molar-refractivity contribution in [3.63, 3.8) is 0 Å². The van der Waals surface area contributed by atoms with Crippen LogP contribution in [-0.4, -0.2) is 54.6 Å². The Morgan fingerprint density at radius 1 is 1.26 bits per heavy atom. The number of carbonyl (C=O) groups is 1. The lowest BCUT2D eigenvalue weighted by atomic mass is 9.95. The third-order valence-electron chi connectivity index (χ3n) is 5.66. The van der Waals surface area contributed by atoms with Crippen LogP contribution in [0, 0.1) is 11.7 Å². The quantitative estimate of drug-likeness (QED) is 0.652. The van der Waals surface area contributed by atoms with Crippen molar-refractivity contribution in [2.24, 2.45) is 5.92 Å². The monoisotopic (exact) mass is 374 g/mol. The van der Waals surface area contributed by atoms with Crippen molar-refractivity contribution in [3.8, 4) is 0 Å². The number of piperidine rings is 1. The molecule has 1 amide bonds. The SMILES string of the molecule is C=CCC(=O)N(CC1CCN(Cc2ccccc2F)CC1)C[C@@H]1CCCO1. The number of nitrogens with zero attached hydrogens (tertiary/aromatic N) is 2. The second-order valence-electron chi connectivity index (χ2n) is 7.74. The van der Waals surface area contributed by atoms with Crippen molar-refractivity contribution in [3.05, 3.63) is 48.3 Å². The van der Waals surface area contributed by atoms with Crippen molar-refractivity contribution < 1.29 is 13.9 Å². The van der Waals surface area contributed by atoms with Crippen LogP contribution in [-0.2, 0) is 16.1 Å². The van der Waals surface area contributed by atoms with Crippen molar-refractivity contribution in [2.45, 2.75) is 44.8 Å². The standard InChI is InChI=1S/C22H31FN2O2/c1-2-6-22(26)25(17-20-8-5-14-27-20)15-18-10-12-24(13-11-18)16-19-7-3-4-9-21(19)23/h2-4,7,9,18,20H,1,5-6,8,10-17H2/t20-/m0/s1. The van der Waals surface area contributed by atoms with E-state index in [0.29, 0.717) is 25.4 Å². The maximum Gasteiger partial charge on any atom is 0.226 e. The molecule has 2 aliphatic heterocycles. The molecule has 0 saturated carbocycles. The average molecular weight is 375 g/mol. The van der Waals surface area contributed by atoms with Gasteiger partial charge in [-0.1, -0.05) is 24.3 Å². The van der Waals surface area contributed by atoms with E-state index in [9.17, 15) is 9.18 Å². The molecule has 3 rings (SSSR count). The molecule has 2 heterocycles. The van der Waals surface area contributed by atoms with Crippen molar-refractivity contribution in [2.75, 3.05) is 32.8 Å². The minimum absolute atomic E-state index is 0.127. The highest BCUT2D eigenvalue weighted by atomic mass is 19.1. The molecule has 2 saturated heterocycles. The smallest absolute Gasteiger partial charge is 0.226 e. The highest BCUT2D eigenvalue weighted by Crippen LogP contribution is 2.22. The second kappa shape index (κ2) is 10.00. The third-order valence-corrected chi connectivity index (χ3v) is 5.66. The number of carbonyl (C=O) groups excluding carboxylic acids is 1. The summed E-state index contributed by atoms with van der Waals surface area (Å²) in [6.45, 7) is 8.55. The summed E-state index contributed by atoms with van der Waals surface area (Å²) in [6, 6.07) is 7.00. The van der Waals surface area contributed by atoms with E-state index in [0.717, 1.165) is 57.5 Å². The first-order valence-electron chi connectivity index (χ1n) is 10.1. The Morgan fingerprint density at radius 2 is 2.04 bits per heavy atom. The van der Waals surface area contributed by atoms with E-state index >= 15 is 0 Å². The molecule has 0 bridgehead atoms. The molecule has 1 atom stereocenters. The Balaban J connectivity index is 1.49. The Bertz CT molecular complexity index is 622. The van der Waals surface area contributed by atoms with Crippen molar-refractivity contribution in [1.82, 2.24) is 9.80 Å². The van der Waals surface area contributed by atoms with Crippen LogP contribution >= 0.6 is 0 Å². The number of ether oxygens (including phenoxy) is 1. The molecule has 1 aromatic rings. The summed E-state index contributed by atoms with van der Waals surface area (Å²) in [6.07, 6.45) is 6.46. The van der Waals surface area contributed by atoms with E-state index in [2.05, 4.69) is 11.5 Å². The Kier molecular flexibility index (Phi) is 7.41. The number of halogens is 1. The number of rotatable bonds is 8. The van der Waals surface area contributed by atoms with Crippen molar-refractivity contribution in [1.29, 1.82) is 0 Å². The van der Waals surface area contributed by atoms with Gasteiger partial charge < -0.3 is 9.64 Å². The summed E-state index contributed by atoms with van der Waals surface area (Å²) in [5.41, 5.74) is 0.761. The van der Waals surface area contributed by atoms with Crippen LogP contribution in [0.25, 0.3) is 0 Å². The fourth-order valence-electron chi connectivity index (χ4n) is 4.07. The van der Waals surface area contributed by atoms with Crippen LogP contribution < -0.4 is 0 Å². The van der Waals surface area contributed by atoms with Gasteiger partial charge in [-0.2, -0.15) is 0 Å². The van der Waals surface area contributed by atoms with Gasteiger partial charge in [0.05, 0.1) is 6.10 Å². The van der Waals surface area contributed by atoms with E-state index in [1.807, 2.05) is 17.0 Å². The summed E-state index contributed by atoms with van der Waals surface area (Å²) in [7, 11) is 0. The van der Waals surface area contributed by atoms with Gasteiger partial charge in [0, 0.05) is 38.2 Å². The van der Waals surface area contributed by atoms with Crippen LogP contribution in [0.1, 0.15) is 37.7 Å². The van der Waals surface area contributed by atoms with Crippen LogP contribution in [0.2, 0.25) is 0 Å². The molecular formula is C22H31FN2O2. The van der Waals surface area contributed by atoms with Crippen LogP contribution in [0.3, 0.4) is 0 Å². The van der Waals surface area contributed by atoms with Gasteiger partial charge in [0.15, 0.2) is 0 Å². The van der Waals surface area contributed by atoms with Gasteiger partial charge >= 0.3 is 0 Å². The minimum Gasteiger partial charge on any atom is -0.376 e. The number of benzene rings is 1. The molecule has 4 nitrogen and oxygen atoms in total. The minimum atomic E-state index is -0.127. The topological polar surface area (TPSA) is 32.8 Å². The van der Waals surface area contributed by atoms with E-state index in [1.165, 1.54) is 6.07 Å². The fraction of sp³-hybridized carbons (Fsp3) is 0.591. The highest BCUT2D eigenvalue weighted by molar-refractivity contribution is 5.77. The molecule has 1 aromatic carbocycles. The number of hydrogen-bond acceptors (Lipinski definition) is 3. The zero-order valence-corrected chi connectivity index (χ0v) is 16.1. The molecule has 0 aliphatic carbocycles. The zero-order valence-electron chi connectivity index (χ0n) is 16.1. The van der Waals surface area contributed by atoms with E-state index < -0.39 is 0 Å². The summed E-state index contributed by atoms with van der Waals surface area (Å²) in [5.74, 6) is 0.517. The summed E-state index contributed by atoms with van der Waals surface area (Å²) >= 11 is 0. The van der Waals surface area contributed by atoms with Gasteiger partial charge in [-0.3, -0.25) is 9.69 Å². The van der Waals surface area contributed by atoms with Crippen LogP contribution in [0.5, 0.6) is 0 Å². The Morgan fingerprint density at radius 3 is 2.70 bits per heavy atom. The van der Waals surface area contributed by atoms with Gasteiger partial charge in [0.1, 0.15) is 5.82 Å². The van der Waals surface area contributed by atoms with Crippen LogP contribution in [0.15, 0.2) is 36.9 Å². The molecule has 27 heavy (non-hydrogen) atoms. The molecule has 0 aromatic heterocycles. The van der Waals surface area contributed by atoms with Gasteiger partial charge in [-0.15, -0.1) is 6.58 Å². The summed E-state index contributed by atoms with van der Waals surface area (Å²) < 4.78 is 19.6. The Hall–Kier alpha value is -1.72. The number of likely N-dealkylation sites (tertiary alicyclic amines) is 1. The first-order chi connectivity index (χ1) is 13.2. The molecule has 2 aliphatic rings. The summed E-state index contributed by atoms with van der Waals surface area (Å²) in [5, 5.41) is 0. The molecule has 2 fully saturated rings. The predicted molar refractivity (Wildman–Crippen MR) is 105 cm³/mol. The molecular weight excluding hydrogens is 343 g/mol. The first-order valence-corrected chi connectivity index (χ1v) is 10.1. The van der Waals surface area contributed by atoms with E-state index in [1.54, 1.807) is 12.1 Å². The van der Waals surface area contributed by atoms with E-state index in [4.69, 9.17) is 4.74 Å². The molecule has 0 spiro atoms. The lowest BCUT2D eigenvalue weighted by Gasteiger charge is -2.35. The second-order valence-corrected chi connectivity index (χ2v) is 7.74. The van der Waals surface area contributed by atoms with Gasteiger partial charge in [0.2, 0.25) is 5.91 Å². The molecule has 0 radical (unpaired) electrons. The first kappa shape index (κ1) is 20.0. The van der Waals surface area contributed by atoms with Gasteiger partial charge in [0.25, 0.3) is 0 Å². The number of amides is 1. The predicted octanol–water partition coefficient (Wildman–Crippen LogP) is 3.62. The normalized spacial score (nSPS) is 21.3. The van der Waals surface area contributed by atoms with Gasteiger partial charge in [-0.25, -0.2) is 4.39 Å². The largest absolute Gasteiger partial charge is 0.376 e. The lowest BCUT2D eigenvalue weighted by Crippen LogP contribution is -2.43. The van der Waals surface area contributed by atoms with E-state index in [-0.39, 0.29) is 17.8 Å². The van der Waals surface area contributed by atoms with Gasteiger partial charge in [-0.05, 0) is 50.8 Å². The Labute approximate surface area is 162 Å². The summed E-state index contributed by atoms with van der Waals surface area (Å²) in [4.78, 5) is 16.8. The molecule has 0 unspecified atom stereocenters. The molecule has 0 N–H and O–H groups in total. The number of hydrogen-bond donors (Lipinski definition) is 0. The third kappa shape index (κ3) is 5.88. The highest BCUT2D eigenvalue weighted by Gasteiger charge is 2.27. The van der Waals surface area contributed by atoms with Crippen molar-refractivity contribution >= 4 is 5.91 Å². The lowest BCUT2D eigenvalue weighted by molar-refractivity contribution is -0.132. The fourth-order valence-corrected chi connectivity index (χ4v) is 4.07. The zero-order chi connectivity index (χ0) is 19.1. The molecule has 5 heteroatoms. The van der Waals surface area contributed by atoms with Crippen LogP contribution in [0.4, 0.5) is 4.39 Å². The maximum absolute atomic E-state index is 13.9. The molecule has 148 valence electrons. The average Bonchev–Trinajstić information content (AvgIpc) is 3.18.